The SMILES string of the molecule is CC(N)C(N1CCc2sccc2C1)C(C)(C)C. The summed E-state index contributed by atoms with van der Waals surface area (Å²) in [6.45, 7) is 11.2. The topological polar surface area (TPSA) is 29.3 Å². The fraction of sp³-hybridized carbons (Fsp3) is 0.714. The quantitative estimate of drug-likeness (QED) is 0.877. The number of fused-ring (bicyclic) bond motifs is 1. The van der Waals surface area contributed by atoms with Crippen LogP contribution in [-0.2, 0) is 13.0 Å². The lowest BCUT2D eigenvalue weighted by molar-refractivity contribution is 0.0710. The minimum absolute atomic E-state index is 0.218. The summed E-state index contributed by atoms with van der Waals surface area (Å²) in [5.74, 6) is 0. The van der Waals surface area contributed by atoms with Crippen molar-refractivity contribution in [1.29, 1.82) is 0 Å². The van der Waals surface area contributed by atoms with E-state index >= 15 is 0 Å². The molecule has 3 heteroatoms. The molecule has 17 heavy (non-hydrogen) atoms. The van der Waals surface area contributed by atoms with Gasteiger partial charge in [-0.2, -0.15) is 0 Å². The summed E-state index contributed by atoms with van der Waals surface area (Å²) in [6, 6.07) is 2.94. The van der Waals surface area contributed by atoms with Crippen LogP contribution in [-0.4, -0.2) is 23.5 Å². The van der Waals surface area contributed by atoms with Crippen LogP contribution in [0.2, 0.25) is 0 Å². The molecule has 1 aliphatic heterocycles. The van der Waals surface area contributed by atoms with Crippen LogP contribution in [0.3, 0.4) is 0 Å². The summed E-state index contributed by atoms with van der Waals surface area (Å²) >= 11 is 1.90. The van der Waals surface area contributed by atoms with Gasteiger partial charge in [0.15, 0.2) is 0 Å². The predicted octanol–water partition coefficient (Wildman–Crippen LogP) is 2.87. The minimum Gasteiger partial charge on any atom is -0.327 e. The van der Waals surface area contributed by atoms with Crippen molar-refractivity contribution in [2.45, 2.75) is 52.7 Å². The van der Waals surface area contributed by atoms with E-state index in [-0.39, 0.29) is 11.5 Å². The van der Waals surface area contributed by atoms with Crippen molar-refractivity contribution in [2.75, 3.05) is 6.54 Å². The number of rotatable bonds is 2. The number of hydrogen-bond donors (Lipinski definition) is 1. The molecule has 2 nitrogen and oxygen atoms in total. The van der Waals surface area contributed by atoms with E-state index in [1.165, 1.54) is 12.0 Å². The van der Waals surface area contributed by atoms with Gasteiger partial charge in [-0.25, -0.2) is 0 Å². The maximum atomic E-state index is 6.21. The average molecular weight is 252 g/mol. The molecule has 0 amide bonds. The highest BCUT2D eigenvalue weighted by molar-refractivity contribution is 7.10. The fourth-order valence-corrected chi connectivity index (χ4v) is 4.07. The second kappa shape index (κ2) is 4.71. The van der Waals surface area contributed by atoms with Crippen molar-refractivity contribution in [3.63, 3.8) is 0 Å². The zero-order valence-electron chi connectivity index (χ0n) is 11.4. The smallest absolute Gasteiger partial charge is 0.0296 e. The molecule has 2 N–H and O–H groups in total. The molecule has 0 radical (unpaired) electrons. The van der Waals surface area contributed by atoms with Gasteiger partial charge in [-0.05, 0) is 35.8 Å². The van der Waals surface area contributed by atoms with Crippen LogP contribution in [0, 0.1) is 5.41 Å². The number of hydrogen-bond acceptors (Lipinski definition) is 3. The van der Waals surface area contributed by atoms with Crippen molar-refractivity contribution < 1.29 is 0 Å². The van der Waals surface area contributed by atoms with E-state index in [1.54, 1.807) is 4.88 Å². The van der Waals surface area contributed by atoms with Crippen LogP contribution in [0.4, 0.5) is 0 Å². The number of nitrogens with two attached hydrogens (primary N) is 1. The normalized spacial score (nSPS) is 21.0. The second-order valence-corrected chi connectivity index (χ2v) is 7.26. The summed E-state index contributed by atoms with van der Waals surface area (Å²) in [5, 5.41) is 2.21. The predicted molar refractivity (Wildman–Crippen MR) is 75.3 cm³/mol. The Bertz CT molecular complexity index is 376. The zero-order valence-corrected chi connectivity index (χ0v) is 12.2. The maximum Gasteiger partial charge on any atom is 0.0296 e. The van der Waals surface area contributed by atoms with Crippen LogP contribution in [0.15, 0.2) is 11.4 Å². The van der Waals surface area contributed by atoms with E-state index in [9.17, 15) is 0 Å². The lowest BCUT2D eigenvalue weighted by Gasteiger charge is -2.44. The highest BCUT2D eigenvalue weighted by Gasteiger charge is 2.34. The summed E-state index contributed by atoms with van der Waals surface area (Å²) in [6.07, 6.45) is 1.19. The summed E-state index contributed by atoms with van der Waals surface area (Å²) in [4.78, 5) is 4.14. The molecule has 2 rings (SSSR count). The monoisotopic (exact) mass is 252 g/mol. The Balaban J connectivity index is 2.18. The lowest BCUT2D eigenvalue weighted by Crippen LogP contribution is -2.54. The first-order chi connectivity index (χ1) is 7.89. The molecular formula is C14H24N2S. The highest BCUT2D eigenvalue weighted by atomic mass is 32.1. The van der Waals surface area contributed by atoms with Gasteiger partial charge in [0, 0.05) is 30.1 Å². The minimum atomic E-state index is 0.218. The van der Waals surface area contributed by atoms with Crippen molar-refractivity contribution in [3.05, 3.63) is 21.9 Å². The molecule has 0 saturated carbocycles. The summed E-state index contributed by atoms with van der Waals surface area (Å²) in [7, 11) is 0. The van der Waals surface area contributed by atoms with Gasteiger partial charge in [-0.3, -0.25) is 4.90 Å². The van der Waals surface area contributed by atoms with Crippen LogP contribution < -0.4 is 5.73 Å². The Kier molecular flexibility index (Phi) is 3.62. The van der Waals surface area contributed by atoms with Gasteiger partial charge >= 0.3 is 0 Å². The first kappa shape index (κ1) is 13.1. The van der Waals surface area contributed by atoms with Crippen molar-refractivity contribution in [1.82, 2.24) is 4.90 Å². The average Bonchev–Trinajstić information content (AvgIpc) is 2.61. The first-order valence-corrected chi connectivity index (χ1v) is 7.32. The van der Waals surface area contributed by atoms with Gasteiger partial charge in [0.25, 0.3) is 0 Å². The van der Waals surface area contributed by atoms with E-state index in [0.717, 1.165) is 13.1 Å². The molecule has 0 aliphatic carbocycles. The molecule has 0 bridgehead atoms. The highest BCUT2D eigenvalue weighted by Crippen LogP contribution is 2.32. The molecule has 0 fully saturated rings. The molecule has 2 unspecified atom stereocenters. The number of nitrogens with zero attached hydrogens (tertiary/aromatic N) is 1. The van der Waals surface area contributed by atoms with E-state index < -0.39 is 0 Å². The van der Waals surface area contributed by atoms with Crippen molar-refractivity contribution >= 4 is 11.3 Å². The molecule has 0 spiro atoms. The standard InChI is InChI=1S/C14H24N2S/c1-10(15)13(14(2,3)4)16-7-5-12-11(9-16)6-8-17-12/h6,8,10,13H,5,7,9,15H2,1-4H3. The Labute approximate surface area is 109 Å². The molecule has 96 valence electrons. The van der Waals surface area contributed by atoms with Gasteiger partial charge in [0.1, 0.15) is 0 Å². The molecule has 2 atom stereocenters. The molecule has 2 heterocycles. The van der Waals surface area contributed by atoms with E-state index in [4.69, 9.17) is 5.73 Å². The lowest BCUT2D eigenvalue weighted by atomic mass is 9.81. The van der Waals surface area contributed by atoms with Gasteiger partial charge in [0.05, 0.1) is 0 Å². The van der Waals surface area contributed by atoms with Crippen molar-refractivity contribution in [3.8, 4) is 0 Å². The third-order valence-electron chi connectivity index (χ3n) is 3.62. The third-order valence-corrected chi connectivity index (χ3v) is 4.64. The Hall–Kier alpha value is -0.380. The first-order valence-electron chi connectivity index (χ1n) is 6.44. The van der Waals surface area contributed by atoms with Gasteiger partial charge in [0.2, 0.25) is 0 Å². The van der Waals surface area contributed by atoms with Crippen LogP contribution >= 0.6 is 11.3 Å². The molecule has 1 aromatic rings. The summed E-state index contributed by atoms with van der Waals surface area (Å²) in [5.41, 5.74) is 7.96. The largest absolute Gasteiger partial charge is 0.327 e. The van der Waals surface area contributed by atoms with E-state index in [1.807, 2.05) is 11.3 Å². The Morgan fingerprint density at radius 3 is 2.71 bits per heavy atom. The molecule has 0 saturated heterocycles. The van der Waals surface area contributed by atoms with Gasteiger partial charge < -0.3 is 5.73 Å². The van der Waals surface area contributed by atoms with Gasteiger partial charge in [-0.15, -0.1) is 11.3 Å². The van der Waals surface area contributed by atoms with E-state index in [0.29, 0.717) is 6.04 Å². The Morgan fingerprint density at radius 2 is 2.12 bits per heavy atom. The fourth-order valence-electron chi connectivity index (χ4n) is 3.18. The van der Waals surface area contributed by atoms with Crippen molar-refractivity contribution in [2.24, 2.45) is 11.1 Å². The molecule has 1 aliphatic rings. The van der Waals surface area contributed by atoms with Crippen LogP contribution in [0.25, 0.3) is 0 Å². The molecule has 1 aromatic heterocycles. The van der Waals surface area contributed by atoms with E-state index in [2.05, 4.69) is 44.0 Å². The zero-order chi connectivity index (χ0) is 12.6. The van der Waals surface area contributed by atoms with Crippen LogP contribution in [0.1, 0.15) is 38.1 Å². The molecule has 0 aromatic carbocycles. The second-order valence-electron chi connectivity index (χ2n) is 6.26. The third kappa shape index (κ3) is 2.72. The Morgan fingerprint density at radius 1 is 1.41 bits per heavy atom. The van der Waals surface area contributed by atoms with Gasteiger partial charge in [-0.1, -0.05) is 20.8 Å². The molecular weight excluding hydrogens is 228 g/mol. The summed E-state index contributed by atoms with van der Waals surface area (Å²) < 4.78 is 0. The van der Waals surface area contributed by atoms with Crippen LogP contribution in [0.5, 0.6) is 0 Å². The maximum absolute atomic E-state index is 6.21. The number of thiophene rings is 1.